The number of urea groups is 1. The molecule has 0 spiro atoms. The summed E-state index contributed by atoms with van der Waals surface area (Å²) in [6, 6.07) is 26.0. The van der Waals surface area contributed by atoms with E-state index in [1.165, 1.54) is 6.21 Å². The van der Waals surface area contributed by atoms with Gasteiger partial charge in [-0.25, -0.2) is 4.79 Å². The maximum Gasteiger partial charge on any atom is 0.346 e. The van der Waals surface area contributed by atoms with E-state index in [0.717, 1.165) is 21.9 Å². The number of amides is 3. The minimum atomic E-state index is -1.13. The molecular weight excluding hydrogens is 364 g/mol. The van der Waals surface area contributed by atoms with Crippen molar-refractivity contribution in [3.63, 3.8) is 0 Å². The number of nitrogens with zero attached hydrogens (tertiary/aromatic N) is 2. The fraction of sp³-hybridized carbons (Fsp3) is 0.0870. The third-order valence-electron chi connectivity index (χ3n) is 4.82. The van der Waals surface area contributed by atoms with Crippen LogP contribution in [-0.2, 0) is 10.3 Å². The third kappa shape index (κ3) is 3.73. The van der Waals surface area contributed by atoms with Gasteiger partial charge >= 0.3 is 6.03 Å². The van der Waals surface area contributed by atoms with Gasteiger partial charge in [-0.3, -0.25) is 4.79 Å². The number of hydrazone groups is 1. The fourth-order valence-electron chi connectivity index (χ4n) is 3.16. The van der Waals surface area contributed by atoms with Crippen molar-refractivity contribution in [2.24, 2.45) is 5.10 Å². The van der Waals surface area contributed by atoms with Crippen LogP contribution in [0.4, 0.5) is 16.2 Å². The maximum absolute atomic E-state index is 12.8. The molecule has 0 bridgehead atoms. The lowest BCUT2D eigenvalue weighted by atomic mass is 9.92. The zero-order chi connectivity index (χ0) is 20.3. The third-order valence-corrected chi connectivity index (χ3v) is 4.82. The summed E-state index contributed by atoms with van der Waals surface area (Å²) < 4.78 is 0. The molecule has 3 aromatic carbocycles. The van der Waals surface area contributed by atoms with Gasteiger partial charge in [-0.1, -0.05) is 60.7 Å². The molecule has 1 aliphatic heterocycles. The summed E-state index contributed by atoms with van der Waals surface area (Å²) in [6.07, 6.45) is 1.50. The lowest BCUT2D eigenvalue weighted by molar-refractivity contribution is -0.131. The zero-order valence-electron chi connectivity index (χ0n) is 15.9. The Labute approximate surface area is 168 Å². The second-order valence-corrected chi connectivity index (χ2v) is 6.90. The number of nitrogens with one attached hydrogen (secondary N) is 2. The molecule has 1 saturated heterocycles. The number of hydrogen-bond donors (Lipinski definition) is 2. The molecular formula is C23H20N4O2. The van der Waals surface area contributed by atoms with Crippen molar-refractivity contribution >= 4 is 29.5 Å². The van der Waals surface area contributed by atoms with Gasteiger partial charge in [-0.05, 0) is 42.3 Å². The van der Waals surface area contributed by atoms with E-state index in [1.807, 2.05) is 84.9 Å². The Balaban J connectivity index is 1.47. The topological polar surface area (TPSA) is 73.8 Å². The Bertz CT molecular complexity index is 1050. The monoisotopic (exact) mass is 384 g/mol. The van der Waals surface area contributed by atoms with E-state index in [1.54, 1.807) is 6.92 Å². The molecule has 0 aromatic heterocycles. The molecule has 6 nitrogen and oxygen atoms in total. The van der Waals surface area contributed by atoms with Gasteiger partial charge in [0.2, 0.25) is 0 Å². The van der Waals surface area contributed by atoms with Crippen LogP contribution in [0.1, 0.15) is 18.1 Å². The average Bonchev–Trinajstić information content (AvgIpc) is 2.98. The minimum absolute atomic E-state index is 0.410. The largest absolute Gasteiger partial charge is 0.356 e. The highest BCUT2D eigenvalue weighted by Gasteiger charge is 2.49. The summed E-state index contributed by atoms with van der Waals surface area (Å²) >= 11 is 0. The van der Waals surface area contributed by atoms with Gasteiger partial charge in [0, 0.05) is 11.4 Å². The molecule has 0 aliphatic carbocycles. The average molecular weight is 384 g/mol. The smallest absolute Gasteiger partial charge is 0.346 e. The van der Waals surface area contributed by atoms with E-state index in [4.69, 9.17) is 0 Å². The van der Waals surface area contributed by atoms with Crippen LogP contribution in [0.3, 0.4) is 0 Å². The van der Waals surface area contributed by atoms with Gasteiger partial charge in [0.25, 0.3) is 5.91 Å². The first-order valence-corrected chi connectivity index (χ1v) is 9.25. The molecule has 2 N–H and O–H groups in total. The van der Waals surface area contributed by atoms with Crippen molar-refractivity contribution < 1.29 is 9.59 Å². The molecule has 1 atom stereocenters. The van der Waals surface area contributed by atoms with Gasteiger partial charge in [0.1, 0.15) is 5.54 Å². The van der Waals surface area contributed by atoms with Gasteiger partial charge in [-0.15, -0.1) is 5.01 Å². The van der Waals surface area contributed by atoms with Crippen LogP contribution < -0.4 is 10.6 Å². The first kappa shape index (κ1) is 18.4. The van der Waals surface area contributed by atoms with E-state index < -0.39 is 17.5 Å². The van der Waals surface area contributed by atoms with Crippen LogP contribution in [0, 0.1) is 0 Å². The predicted molar refractivity (Wildman–Crippen MR) is 113 cm³/mol. The second-order valence-electron chi connectivity index (χ2n) is 6.90. The molecule has 29 heavy (non-hydrogen) atoms. The Hall–Kier alpha value is -3.93. The number of benzene rings is 3. The van der Waals surface area contributed by atoms with Crippen LogP contribution in [0.25, 0.3) is 0 Å². The number of imide groups is 1. The highest BCUT2D eigenvalue weighted by molar-refractivity contribution is 6.07. The molecule has 4 rings (SSSR count). The highest BCUT2D eigenvalue weighted by Crippen LogP contribution is 2.28. The molecule has 3 amide bonds. The maximum atomic E-state index is 12.8. The lowest BCUT2D eigenvalue weighted by Gasteiger charge is -2.20. The molecule has 3 aromatic rings. The van der Waals surface area contributed by atoms with Crippen molar-refractivity contribution in [2.75, 3.05) is 5.32 Å². The van der Waals surface area contributed by atoms with Crippen LogP contribution in [0.2, 0.25) is 0 Å². The summed E-state index contributed by atoms with van der Waals surface area (Å²) in [4.78, 5) is 25.2. The van der Waals surface area contributed by atoms with Gasteiger partial charge < -0.3 is 10.6 Å². The zero-order valence-corrected chi connectivity index (χ0v) is 15.9. The molecule has 0 saturated carbocycles. The molecule has 1 aliphatic rings. The SMILES string of the molecule is C[C@@]1(c2ccccc2)NC(=O)N(/N=C\c2ccc(Nc3ccccc3)cc2)C1=O. The Morgan fingerprint density at radius 1 is 0.862 bits per heavy atom. The molecule has 6 heteroatoms. The first-order valence-electron chi connectivity index (χ1n) is 9.25. The number of anilines is 2. The van der Waals surface area contributed by atoms with Crippen molar-refractivity contribution in [3.05, 3.63) is 96.1 Å². The van der Waals surface area contributed by atoms with Gasteiger partial charge in [-0.2, -0.15) is 5.10 Å². The van der Waals surface area contributed by atoms with Crippen molar-refractivity contribution in [2.45, 2.75) is 12.5 Å². The summed E-state index contributed by atoms with van der Waals surface area (Å²) in [5.41, 5.74) is 2.29. The van der Waals surface area contributed by atoms with Crippen LogP contribution >= 0.6 is 0 Å². The van der Waals surface area contributed by atoms with E-state index >= 15 is 0 Å². The molecule has 0 radical (unpaired) electrons. The predicted octanol–water partition coefficient (Wildman–Crippen LogP) is 4.23. The number of para-hydroxylation sites is 1. The number of rotatable bonds is 5. The Kier molecular flexibility index (Phi) is 4.83. The normalized spacial score (nSPS) is 18.9. The van der Waals surface area contributed by atoms with Crippen molar-refractivity contribution in [1.82, 2.24) is 10.3 Å². The van der Waals surface area contributed by atoms with Gasteiger partial charge in [0.15, 0.2) is 0 Å². The van der Waals surface area contributed by atoms with E-state index in [0.29, 0.717) is 5.56 Å². The standard InChI is InChI=1S/C23H20N4O2/c1-23(18-8-4-2-5-9-18)21(28)27(22(29)26-23)24-16-17-12-14-20(15-13-17)25-19-10-6-3-7-11-19/h2-16,25H,1H3,(H,26,29)/b24-16-/t23-/m0/s1. The van der Waals surface area contributed by atoms with Crippen LogP contribution in [-0.4, -0.2) is 23.2 Å². The van der Waals surface area contributed by atoms with Crippen LogP contribution in [0.15, 0.2) is 90.0 Å². The molecule has 0 unspecified atom stereocenters. The fourth-order valence-corrected chi connectivity index (χ4v) is 3.16. The highest BCUT2D eigenvalue weighted by atomic mass is 16.2. The van der Waals surface area contributed by atoms with Crippen LogP contribution in [0.5, 0.6) is 0 Å². The number of hydrogen-bond acceptors (Lipinski definition) is 4. The van der Waals surface area contributed by atoms with Gasteiger partial charge in [0.05, 0.1) is 6.21 Å². The Morgan fingerprint density at radius 3 is 2.10 bits per heavy atom. The summed E-state index contributed by atoms with van der Waals surface area (Å²) in [6.45, 7) is 1.68. The quantitative estimate of drug-likeness (QED) is 0.511. The second kappa shape index (κ2) is 7.59. The lowest BCUT2D eigenvalue weighted by Crippen LogP contribution is -2.40. The summed E-state index contributed by atoms with van der Waals surface area (Å²) in [5.74, 6) is -0.410. The van der Waals surface area contributed by atoms with E-state index in [2.05, 4.69) is 15.7 Å². The molecule has 144 valence electrons. The molecule has 1 fully saturated rings. The first-order chi connectivity index (χ1) is 14.1. The molecule has 1 heterocycles. The summed E-state index contributed by atoms with van der Waals surface area (Å²) in [7, 11) is 0. The van der Waals surface area contributed by atoms with E-state index in [-0.39, 0.29) is 0 Å². The number of carbonyl (C=O) groups excluding carboxylic acids is 2. The van der Waals surface area contributed by atoms with E-state index in [9.17, 15) is 9.59 Å². The summed E-state index contributed by atoms with van der Waals surface area (Å²) in [5, 5.41) is 11.0. The minimum Gasteiger partial charge on any atom is -0.356 e. The number of carbonyl (C=O) groups is 2. The van der Waals surface area contributed by atoms with Crippen molar-refractivity contribution in [3.8, 4) is 0 Å². The Morgan fingerprint density at radius 2 is 1.45 bits per heavy atom. The van der Waals surface area contributed by atoms with Crippen molar-refractivity contribution in [1.29, 1.82) is 0 Å².